The van der Waals surface area contributed by atoms with Crippen molar-refractivity contribution in [2.24, 2.45) is 23.7 Å². The Balaban J connectivity index is 1.30. The van der Waals surface area contributed by atoms with Crippen molar-refractivity contribution in [2.75, 3.05) is 13.1 Å². The van der Waals surface area contributed by atoms with Crippen LogP contribution in [0, 0.1) is 23.7 Å². The fourth-order valence-electron chi connectivity index (χ4n) is 5.36. The molecule has 1 amide bonds. The average molecular weight is 392 g/mol. The molecule has 2 bridgehead atoms. The zero-order chi connectivity index (χ0) is 19.0. The number of amides is 1. The Morgan fingerprint density at radius 2 is 2.00 bits per heavy atom. The summed E-state index contributed by atoms with van der Waals surface area (Å²) in [7, 11) is -3.51. The summed E-state index contributed by atoms with van der Waals surface area (Å²) in [6.07, 6.45) is 9.39. The van der Waals surface area contributed by atoms with E-state index in [0.29, 0.717) is 31.8 Å². The van der Waals surface area contributed by atoms with Gasteiger partial charge in [0.15, 0.2) is 0 Å². The lowest BCUT2D eigenvalue weighted by atomic mass is 9.83. The van der Waals surface area contributed by atoms with Crippen molar-refractivity contribution >= 4 is 15.9 Å². The van der Waals surface area contributed by atoms with Gasteiger partial charge in [0.05, 0.1) is 0 Å². The number of pyridine rings is 1. The Labute approximate surface area is 161 Å². The largest absolute Gasteiger partial charge is 0.353 e. The maximum atomic E-state index is 12.7. The highest BCUT2D eigenvalue weighted by molar-refractivity contribution is 7.89. The van der Waals surface area contributed by atoms with Crippen molar-refractivity contribution in [2.45, 2.75) is 56.4 Å². The van der Waals surface area contributed by atoms with Crippen molar-refractivity contribution in [3.63, 3.8) is 0 Å². The van der Waals surface area contributed by atoms with Crippen molar-refractivity contribution in [3.05, 3.63) is 24.5 Å². The first-order chi connectivity index (χ1) is 12.9. The van der Waals surface area contributed by atoms with Gasteiger partial charge in [-0.2, -0.15) is 4.31 Å². The van der Waals surface area contributed by atoms with Crippen LogP contribution in [0.3, 0.4) is 0 Å². The first-order valence-electron chi connectivity index (χ1n) is 10.2. The molecule has 3 aliphatic rings. The maximum Gasteiger partial charge on any atom is 0.244 e. The molecule has 6 nitrogen and oxygen atoms in total. The molecule has 1 saturated heterocycles. The summed E-state index contributed by atoms with van der Waals surface area (Å²) >= 11 is 0. The first-order valence-corrected chi connectivity index (χ1v) is 11.6. The van der Waals surface area contributed by atoms with Gasteiger partial charge >= 0.3 is 0 Å². The van der Waals surface area contributed by atoms with Crippen molar-refractivity contribution < 1.29 is 13.2 Å². The van der Waals surface area contributed by atoms with Crippen LogP contribution < -0.4 is 5.32 Å². The molecule has 4 atom stereocenters. The molecule has 1 N–H and O–H groups in total. The minimum Gasteiger partial charge on any atom is -0.353 e. The Morgan fingerprint density at radius 3 is 2.59 bits per heavy atom. The van der Waals surface area contributed by atoms with Gasteiger partial charge in [0.25, 0.3) is 0 Å². The molecule has 0 unspecified atom stereocenters. The molecular weight excluding hydrogens is 362 g/mol. The van der Waals surface area contributed by atoms with Gasteiger partial charge in [-0.25, -0.2) is 8.42 Å². The number of carbonyl (C=O) groups is 1. The number of fused-ring (bicyclic) bond motifs is 2. The van der Waals surface area contributed by atoms with Crippen LogP contribution in [0.4, 0.5) is 0 Å². The second-order valence-electron chi connectivity index (χ2n) is 8.50. The molecule has 27 heavy (non-hydrogen) atoms. The Kier molecular flexibility index (Phi) is 5.25. The lowest BCUT2D eigenvalue weighted by Crippen LogP contribution is -2.47. The highest BCUT2D eigenvalue weighted by Crippen LogP contribution is 2.49. The van der Waals surface area contributed by atoms with E-state index in [9.17, 15) is 13.2 Å². The number of carbonyl (C=O) groups excluding carboxylic acids is 1. The Morgan fingerprint density at radius 1 is 1.22 bits per heavy atom. The first kappa shape index (κ1) is 18.9. The summed E-state index contributed by atoms with van der Waals surface area (Å²) in [5.41, 5.74) is 0. The van der Waals surface area contributed by atoms with Gasteiger partial charge in [-0.15, -0.1) is 0 Å². The van der Waals surface area contributed by atoms with Crippen LogP contribution in [0.25, 0.3) is 0 Å². The minimum absolute atomic E-state index is 0.0913. The van der Waals surface area contributed by atoms with E-state index in [1.807, 2.05) is 0 Å². The number of nitrogens with zero attached hydrogens (tertiary/aromatic N) is 2. The van der Waals surface area contributed by atoms with Crippen molar-refractivity contribution in [3.8, 4) is 0 Å². The van der Waals surface area contributed by atoms with Crippen LogP contribution >= 0.6 is 0 Å². The van der Waals surface area contributed by atoms with Gasteiger partial charge in [-0.3, -0.25) is 9.78 Å². The molecule has 1 aromatic heterocycles. The molecule has 2 heterocycles. The zero-order valence-corrected chi connectivity index (χ0v) is 16.7. The van der Waals surface area contributed by atoms with Gasteiger partial charge < -0.3 is 5.32 Å². The molecular formula is C20H29N3O3S. The summed E-state index contributed by atoms with van der Waals surface area (Å²) in [5.74, 6) is 2.30. The van der Waals surface area contributed by atoms with E-state index in [0.717, 1.165) is 11.8 Å². The van der Waals surface area contributed by atoms with Crippen molar-refractivity contribution in [1.29, 1.82) is 0 Å². The third kappa shape index (κ3) is 3.76. The topological polar surface area (TPSA) is 79.4 Å². The monoisotopic (exact) mass is 391 g/mol. The Bertz CT molecular complexity index is 775. The van der Waals surface area contributed by atoms with E-state index in [1.165, 1.54) is 36.2 Å². The highest BCUT2D eigenvalue weighted by Gasteiger charge is 2.42. The predicted molar refractivity (Wildman–Crippen MR) is 102 cm³/mol. The molecule has 0 radical (unpaired) electrons. The SMILES string of the molecule is C[C@H](NC(=O)C1CCN(S(=O)(=O)c2cccnc2)CC1)[C@@H]1C[C@@H]2CC[C@@H]1C2. The second kappa shape index (κ2) is 7.51. The number of piperidine rings is 1. The van der Waals surface area contributed by atoms with Gasteiger partial charge in [0.1, 0.15) is 4.90 Å². The molecule has 0 aromatic carbocycles. The van der Waals surface area contributed by atoms with E-state index in [4.69, 9.17) is 0 Å². The predicted octanol–water partition coefficient (Wildman–Crippen LogP) is 2.42. The number of hydrogen-bond donors (Lipinski definition) is 1. The van der Waals surface area contributed by atoms with E-state index < -0.39 is 10.0 Å². The molecule has 2 saturated carbocycles. The van der Waals surface area contributed by atoms with Crippen LogP contribution in [-0.2, 0) is 14.8 Å². The number of aromatic nitrogens is 1. The summed E-state index contributed by atoms with van der Waals surface area (Å²) in [5, 5.41) is 3.24. The van der Waals surface area contributed by atoms with E-state index in [-0.39, 0.29) is 22.8 Å². The molecule has 1 aliphatic heterocycles. The number of rotatable bonds is 5. The summed E-state index contributed by atoms with van der Waals surface area (Å²) < 4.78 is 26.8. The average Bonchev–Trinajstić information content (AvgIpc) is 3.32. The van der Waals surface area contributed by atoms with Crippen LogP contribution in [0.2, 0.25) is 0 Å². The lowest BCUT2D eigenvalue weighted by Gasteiger charge is -2.33. The molecule has 4 rings (SSSR count). The standard InChI is InChI=1S/C20H29N3O3S/c1-14(19-12-15-4-5-17(19)11-15)22-20(24)16-6-9-23(10-7-16)27(25,26)18-3-2-8-21-13-18/h2-3,8,13-17,19H,4-7,9-12H2,1H3,(H,22,24)/t14-,15+,17+,19-/m0/s1. The molecule has 1 aromatic rings. The van der Waals surface area contributed by atoms with Gasteiger partial charge in [0.2, 0.25) is 15.9 Å². The summed E-state index contributed by atoms with van der Waals surface area (Å²) in [4.78, 5) is 16.8. The van der Waals surface area contributed by atoms with E-state index >= 15 is 0 Å². The van der Waals surface area contributed by atoms with Crippen LogP contribution in [-0.4, -0.2) is 42.7 Å². The molecule has 7 heteroatoms. The van der Waals surface area contributed by atoms with Crippen LogP contribution in [0.15, 0.2) is 29.4 Å². The summed E-state index contributed by atoms with van der Waals surface area (Å²) in [6, 6.07) is 3.42. The highest BCUT2D eigenvalue weighted by atomic mass is 32.2. The molecule has 3 fully saturated rings. The van der Waals surface area contributed by atoms with Crippen LogP contribution in [0.1, 0.15) is 45.4 Å². The molecule has 148 valence electrons. The quantitative estimate of drug-likeness (QED) is 0.836. The Hall–Kier alpha value is -1.47. The second-order valence-corrected chi connectivity index (χ2v) is 10.4. The summed E-state index contributed by atoms with van der Waals surface area (Å²) in [6.45, 7) is 2.92. The third-order valence-corrected chi connectivity index (χ3v) is 8.78. The normalized spacial score (nSPS) is 30.3. The van der Waals surface area contributed by atoms with Gasteiger partial charge in [-0.1, -0.05) is 6.42 Å². The van der Waals surface area contributed by atoms with E-state index in [1.54, 1.807) is 18.3 Å². The maximum absolute atomic E-state index is 12.7. The number of sulfonamides is 1. The van der Waals surface area contributed by atoms with Gasteiger partial charge in [0, 0.05) is 37.4 Å². The van der Waals surface area contributed by atoms with Crippen LogP contribution in [0.5, 0.6) is 0 Å². The van der Waals surface area contributed by atoms with Gasteiger partial charge in [-0.05, 0) is 68.9 Å². The minimum atomic E-state index is -3.51. The molecule has 2 aliphatic carbocycles. The smallest absolute Gasteiger partial charge is 0.244 e. The fraction of sp³-hybridized carbons (Fsp3) is 0.700. The fourth-order valence-corrected chi connectivity index (χ4v) is 6.80. The number of nitrogens with one attached hydrogen (secondary N) is 1. The van der Waals surface area contributed by atoms with E-state index in [2.05, 4.69) is 17.2 Å². The van der Waals surface area contributed by atoms with Crippen molar-refractivity contribution in [1.82, 2.24) is 14.6 Å². The number of hydrogen-bond acceptors (Lipinski definition) is 4. The third-order valence-electron chi connectivity index (χ3n) is 6.90. The zero-order valence-electron chi connectivity index (χ0n) is 15.9. The molecule has 0 spiro atoms. The lowest BCUT2D eigenvalue weighted by molar-refractivity contribution is -0.127.